The van der Waals surface area contributed by atoms with Crippen LogP contribution in [0.4, 0.5) is 0 Å². The molecule has 5 heteroatoms. The number of hydrogen-bond donors (Lipinski definition) is 4. The minimum absolute atomic E-state index is 0.396. The van der Waals surface area contributed by atoms with Gasteiger partial charge in [0.05, 0.1) is 19.8 Å². The lowest BCUT2D eigenvalue weighted by atomic mass is 10.0. The van der Waals surface area contributed by atoms with Crippen molar-refractivity contribution in [2.24, 2.45) is 0 Å². The molecule has 5 nitrogen and oxygen atoms in total. The van der Waals surface area contributed by atoms with Gasteiger partial charge in [0.1, 0.15) is 5.54 Å². The van der Waals surface area contributed by atoms with Crippen LogP contribution in [-0.2, 0) is 12.8 Å². The van der Waals surface area contributed by atoms with Crippen LogP contribution in [0, 0.1) is 0 Å². The maximum atomic E-state index is 12.1. The van der Waals surface area contributed by atoms with Crippen molar-refractivity contribution in [2.45, 2.75) is 24.8 Å². The molecule has 4 N–H and O–H groups in total. The average Bonchev–Trinajstić information content (AvgIpc) is 2.92. The lowest BCUT2D eigenvalue weighted by Crippen LogP contribution is -2.57. The maximum absolute atomic E-state index is 12.1. The Labute approximate surface area is 111 Å². The third-order valence-electron chi connectivity index (χ3n) is 3.65. The predicted octanol–water partition coefficient (Wildman–Crippen LogP) is -0.379. The molecule has 0 heterocycles. The summed E-state index contributed by atoms with van der Waals surface area (Å²) in [6.45, 7) is -1.55. The van der Waals surface area contributed by atoms with E-state index < -0.39 is 31.3 Å². The van der Waals surface area contributed by atoms with Gasteiger partial charge in [0.15, 0.2) is 0 Å². The number of benzene rings is 1. The van der Waals surface area contributed by atoms with Gasteiger partial charge in [-0.05, 0) is 42.5 Å². The van der Waals surface area contributed by atoms with E-state index in [1.807, 2.05) is 12.1 Å². The molecule has 0 saturated heterocycles. The van der Waals surface area contributed by atoms with Gasteiger partial charge >= 0.3 is 0 Å². The van der Waals surface area contributed by atoms with Crippen molar-refractivity contribution in [3.8, 4) is 0 Å². The molecule has 1 aliphatic rings. The highest BCUT2D eigenvalue weighted by atomic mass is 16.3. The lowest BCUT2D eigenvalue weighted by Gasteiger charge is -2.28. The SMILES string of the molecule is O=C(NC(CO)(CO)CO)c1ccc2c(c1)CCC2. The summed E-state index contributed by atoms with van der Waals surface area (Å²) in [5.41, 5.74) is 1.56. The van der Waals surface area contributed by atoms with E-state index in [1.165, 1.54) is 11.1 Å². The second-order valence-corrected chi connectivity index (χ2v) is 5.05. The number of aliphatic hydroxyl groups excluding tert-OH is 3. The molecular formula is C14H19NO4. The Hall–Kier alpha value is -1.43. The summed E-state index contributed by atoms with van der Waals surface area (Å²) in [5.74, 6) is -0.396. The highest BCUT2D eigenvalue weighted by Gasteiger charge is 2.30. The van der Waals surface area contributed by atoms with Crippen LogP contribution in [-0.4, -0.2) is 46.6 Å². The highest BCUT2D eigenvalue weighted by Crippen LogP contribution is 2.23. The largest absolute Gasteiger partial charge is 0.394 e. The van der Waals surface area contributed by atoms with Gasteiger partial charge in [-0.2, -0.15) is 0 Å². The number of aliphatic hydroxyl groups is 3. The second-order valence-electron chi connectivity index (χ2n) is 5.05. The van der Waals surface area contributed by atoms with Gasteiger partial charge in [0.2, 0.25) is 0 Å². The summed E-state index contributed by atoms with van der Waals surface area (Å²) in [4.78, 5) is 12.1. The molecule has 0 saturated carbocycles. The zero-order valence-corrected chi connectivity index (χ0v) is 10.7. The number of aryl methyl sites for hydroxylation is 2. The Morgan fingerprint density at radius 3 is 2.37 bits per heavy atom. The monoisotopic (exact) mass is 265 g/mol. The average molecular weight is 265 g/mol. The van der Waals surface area contributed by atoms with E-state index in [0.717, 1.165) is 19.3 Å². The van der Waals surface area contributed by atoms with E-state index in [1.54, 1.807) is 6.07 Å². The van der Waals surface area contributed by atoms with Crippen molar-refractivity contribution in [1.29, 1.82) is 0 Å². The van der Waals surface area contributed by atoms with Gasteiger partial charge in [-0.15, -0.1) is 0 Å². The molecule has 0 fully saturated rings. The van der Waals surface area contributed by atoms with Gasteiger partial charge in [0, 0.05) is 5.56 Å². The Balaban J connectivity index is 2.16. The molecular weight excluding hydrogens is 246 g/mol. The first kappa shape index (κ1) is 14.0. The standard InChI is InChI=1S/C14H19NO4/c16-7-14(8-17,9-18)15-13(19)12-5-4-10-2-1-3-11(10)6-12/h4-6,16-18H,1-3,7-9H2,(H,15,19). The van der Waals surface area contributed by atoms with Crippen LogP contribution < -0.4 is 5.32 Å². The smallest absolute Gasteiger partial charge is 0.251 e. The van der Waals surface area contributed by atoms with Crippen LogP contribution in [0.25, 0.3) is 0 Å². The molecule has 104 valence electrons. The molecule has 1 aromatic carbocycles. The van der Waals surface area contributed by atoms with Gasteiger partial charge < -0.3 is 20.6 Å². The number of fused-ring (bicyclic) bond motifs is 1. The minimum atomic E-state index is -1.38. The fourth-order valence-electron chi connectivity index (χ4n) is 2.29. The first-order valence-corrected chi connectivity index (χ1v) is 6.41. The Kier molecular flexibility index (Phi) is 4.19. The molecule has 0 atom stereocenters. The summed E-state index contributed by atoms with van der Waals surface area (Å²) >= 11 is 0. The summed E-state index contributed by atoms with van der Waals surface area (Å²) in [6, 6.07) is 5.51. The van der Waals surface area contributed by atoms with E-state index in [0.29, 0.717) is 5.56 Å². The van der Waals surface area contributed by atoms with Gasteiger partial charge in [0.25, 0.3) is 5.91 Å². The molecule has 2 rings (SSSR count). The number of nitrogens with one attached hydrogen (secondary N) is 1. The Morgan fingerprint density at radius 1 is 1.11 bits per heavy atom. The van der Waals surface area contributed by atoms with Gasteiger partial charge in [-0.25, -0.2) is 0 Å². The zero-order chi connectivity index (χ0) is 13.9. The minimum Gasteiger partial charge on any atom is -0.394 e. The fourth-order valence-corrected chi connectivity index (χ4v) is 2.29. The van der Waals surface area contributed by atoms with Crippen molar-refractivity contribution < 1.29 is 20.1 Å². The Bertz CT molecular complexity index is 460. The summed E-state index contributed by atoms with van der Waals surface area (Å²) in [6.07, 6.45) is 3.13. The summed E-state index contributed by atoms with van der Waals surface area (Å²) < 4.78 is 0. The molecule has 1 amide bonds. The third-order valence-corrected chi connectivity index (χ3v) is 3.65. The van der Waals surface area contributed by atoms with E-state index in [4.69, 9.17) is 0 Å². The van der Waals surface area contributed by atoms with Crippen LogP contribution >= 0.6 is 0 Å². The van der Waals surface area contributed by atoms with E-state index in [9.17, 15) is 20.1 Å². The first-order chi connectivity index (χ1) is 9.14. The lowest BCUT2D eigenvalue weighted by molar-refractivity contribution is 0.0375. The Morgan fingerprint density at radius 2 is 1.74 bits per heavy atom. The van der Waals surface area contributed by atoms with Crippen molar-refractivity contribution in [3.63, 3.8) is 0 Å². The molecule has 0 aromatic heterocycles. The van der Waals surface area contributed by atoms with Crippen molar-refractivity contribution in [3.05, 3.63) is 34.9 Å². The normalized spacial score (nSPS) is 14.3. The quantitative estimate of drug-likeness (QED) is 0.584. The highest BCUT2D eigenvalue weighted by molar-refractivity contribution is 5.95. The molecule has 19 heavy (non-hydrogen) atoms. The van der Waals surface area contributed by atoms with E-state index in [-0.39, 0.29) is 0 Å². The van der Waals surface area contributed by atoms with Gasteiger partial charge in [-0.3, -0.25) is 4.79 Å². The van der Waals surface area contributed by atoms with Crippen LogP contribution in [0.2, 0.25) is 0 Å². The van der Waals surface area contributed by atoms with Crippen molar-refractivity contribution >= 4 is 5.91 Å². The number of carbonyl (C=O) groups excluding carboxylic acids is 1. The number of carbonyl (C=O) groups is 1. The number of hydrogen-bond acceptors (Lipinski definition) is 4. The van der Waals surface area contributed by atoms with E-state index >= 15 is 0 Å². The summed E-state index contributed by atoms with van der Waals surface area (Å²) in [5, 5.41) is 30.1. The predicted molar refractivity (Wildman–Crippen MR) is 69.9 cm³/mol. The molecule has 0 bridgehead atoms. The third kappa shape index (κ3) is 2.78. The molecule has 0 unspecified atom stereocenters. The molecule has 0 radical (unpaired) electrons. The fraction of sp³-hybridized carbons (Fsp3) is 0.500. The summed E-state index contributed by atoms with van der Waals surface area (Å²) in [7, 11) is 0. The second kappa shape index (κ2) is 5.69. The molecule has 1 aliphatic carbocycles. The topological polar surface area (TPSA) is 89.8 Å². The zero-order valence-electron chi connectivity index (χ0n) is 10.7. The van der Waals surface area contributed by atoms with Crippen LogP contribution in [0.5, 0.6) is 0 Å². The van der Waals surface area contributed by atoms with Crippen LogP contribution in [0.1, 0.15) is 27.9 Å². The van der Waals surface area contributed by atoms with Crippen molar-refractivity contribution in [2.75, 3.05) is 19.8 Å². The molecule has 1 aromatic rings. The maximum Gasteiger partial charge on any atom is 0.251 e. The van der Waals surface area contributed by atoms with Crippen molar-refractivity contribution in [1.82, 2.24) is 5.32 Å². The number of amides is 1. The molecule has 0 aliphatic heterocycles. The number of rotatable bonds is 5. The van der Waals surface area contributed by atoms with Gasteiger partial charge in [-0.1, -0.05) is 6.07 Å². The van der Waals surface area contributed by atoms with E-state index in [2.05, 4.69) is 5.32 Å². The van der Waals surface area contributed by atoms with Crippen LogP contribution in [0.3, 0.4) is 0 Å². The molecule has 0 spiro atoms. The first-order valence-electron chi connectivity index (χ1n) is 6.41. The van der Waals surface area contributed by atoms with Crippen LogP contribution in [0.15, 0.2) is 18.2 Å².